The highest BCUT2D eigenvalue weighted by atomic mass is 35.5. The van der Waals surface area contributed by atoms with E-state index >= 15 is 0 Å². The maximum absolute atomic E-state index is 13.1. The Morgan fingerprint density at radius 1 is 0.889 bits per heavy atom. The lowest BCUT2D eigenvalue weighted by molar-refractivity contribution is 0.102. The molecule has 8 heteroatoms. The van der Waals surface area contributed by atoms with Crippen LogP contribution in [0.1, 0.15) is 16.1 Å². The van der Waals surface area contributed by atoms with Crippen molar-refractivity contribution in [1.82, 2.24) is 20.2 Å². The molecule has 1 fully saturated rings. The molecule has 2 aromatic heterocycles. The molecule has 7 nitrogen and oxygen atoms in total. The van der Waals surface area contributed by atoms with Crippen molar-refractivity contribution in [2.24, 2.45) is 0 Å². The Morgan fingerprint density at radius 3 is 2.56 bits per heavy atom. The second-order valence-corrected chi connectivity index (χ2v) is 8.70. The van der Waals surface area contributed by atoms with Crippen molar-refractivity contribution in [3.63, 3.8) is 0 Å². The van der Waals surface area contributed by atoms with E-state index in [1.165, 1.54) is 0 Å². The molecule has 3 aromatic carbocycles. The summed E-state index contributed by atoms with van der Waals surface area (Å²) >= 11 is 0. The number of piperazine rings is 1. The van der Waals surface area contributed by atoms with Gasteiger partial charge in [0.05, 0.1) is 16.8 Å². The van der Waals surface area contributed by atoms with E-state index in [2.05, 4.69) is 26.6 Å². The Morgan fingerprint density at radius 2 is 1.67 bits per heavy atom. The Bertz CT molecular complexity index is 1530. The number of para-hydroxylation sites is 3. The molecule has 0 unspecified atom stereocenters. The zero-order valence-electron chi connectivity index (χ0n) is 19.6. The van der Waals surface area contributed by atoms with Gasteiger partial charge < -0.3 is 15.1 Å². The van der Waals surface area contributed by atoms with Crippen molar-refractivity contribution in [2.75, 3.05) is 31.5 Å². The van der Waals surface area contributed by atoms with E-state index in [1.807, 2.05) is 66.7 Å². The third kappa shape index (κ3) is 4.81. The van der Waals surface area contributed by atoms with Crippen LogP contribution in [-0.4, -0.2) is 47.0 Å². The molecular formula is C28H26ClN5O2. The van der Waals surface area contributed by atoms with Crippen molar-refractivity contribution < 1.29 is 9.21 Å². The number of carbonyl (C=O) groups excluding carboxylic acids is 1. The molecule has 0 saturated carbocycles. The molecule has 0 bridgehead atoms. The zero-order valence-corrected chi connectivity index (χ0v) is 20.4. The van der Waals surface area contributed by atoms with Gasteiger partial charge >= 0.3 is 0 Å². The molecule has 3 heterocycles. The maximum Gasteiger partial charge on any atom is 0.274 e. The van der Waals surface area contributed by atoms with Crippen LogP contribution in [0.2, 0.25) is 0 Å². The number of aromatic nitrogens is 2. The smallest absolute Gasteiger partial charge is 0.274 e. The van der Waals surface area contributed by atoms with Gasteiger partial charge in [0.25, 0.3) is 5.91 Å². The van der Waals surface area contributed by atoms with E-state index < -0.39 is 0 Å². The Labute approximate surface area is 215 Å². The van der Waals surface area contributed by atoms with Gasteiger partial charge in [-0.25, -0.2) is 9.97 Å². The van der Waals surface area contributed by atoms with E-state index in [0.29, 0.717) is 17.3 Å². The third-order valence-corrected chi connectivity index (χ3v) is 6.34. The first-order valence-electron chi connectivity index (χ1n) is 11.8. The van der Waals surface area contributed by atoms with E-state index in [0.717, 1.165) is 65.9 Å². The highest BCUT2D eigenvalue weighted by molar-refractivity contribution is 6.05. The summed E-state index contributed by atoms with van der Waals surface area (Å²) in [7, 11) is 0. The van der Waals surface area contributed by atoms with E-state index in [4.69, 9.17) is 9.40 Å². The van der Waals surface area contributed by atoms with Gasteiger partial charge in [0, 0.05) is 43.7 Å². The van der Waals surface area contributed by atoms with Crippen molar-refractivity contribution >= 4 is 46.0 Å². The molecular weight excluding hydrogens is 474 g/mol. The van der Waals surface area contributed by atoms with E-state index in [-0.39, 0.29) is 18.3 Å². The van der Waals surface area contributed by atoms with Gasteiger partial charge in [0.2, 0.25) is 5.89 Å². The average Bonchev–Trinajstić information content (AvgIpc) is 3.35. The minimum absolute atomic E-state index is 0. The molecule has 1 aliphatic rings. The fraction of sp³-hybridized carbons (Fsp3) is 0.179. The number of hydrogen-bond donors (Lipinski definition) is 2. The normalized spacial score (nSPS) is 14.0. The Kier molecular flexibility index (Phi) is 6.95. The van der Waals surface area contributed by atoms with Crippen LogP contribution in [0.3, 0.4) is 0 Å². The summed E-state index contributed by atoms with van der Waals surface area (Å²) in [5, 5.41) is 7.38. The molecule has 182 valence electrons. The standard InChI is InChI=1S/C28H25N5O2.ClH/c34-27(25-13-12-19-6-1-3-9-22(19)30-25)31-23-10-4-2-8-21(23)28-32-24-11-5-7-20(26(24)35-28)18-33-16-14-29-15-17-33;/h1-13,29H,14-18H2,(H,31,34);1H. The van der Waals surface area contributed by atoms with Crippen LogP contribution in [0.4, 0.5) is 5.69 Å². The number of carbonyl (C=O) groups is 1. The van der Waals surface area contributed by atoms with Gasteiger partial charge in [-0.15, -0.1) is 12.4 Å². The second-order valence-electron chi connectivity index (χ2n) is 8.70. The number of oxazole rings is 1. The molecule has 5 aromatic rings. The number of pyridine rings is 1. The first kappa shape index (κ1) is 23.9. The van der Waals surface area contributed by atoms with Crippen LogP contribution in [0.15, 0.2) is 83.3 Å². The second kappa shape index (κ2) is 10.5. The first-order chi connectivity index (χ1) is 17.2. The summed E-state index contributed by atoms with van der Waals surface area (Å²) in [4.78, 5) is 24.7. The fourth-order valence-electron chi connectivity index (χ4n) is 4.51. The highest BCUT2D eigenvalue weighted by Gasteiger charge is 2.18. The number of fused-ring (bicyclic) bond motifs is 2. The van der Waals surface area contributed by atoms with Crippen LogP contribution >= 0.6 is 12.4 Å². The maximum atomic E-state index is 13.1. The lowest BCUT2D eigenvalue weighted by Gasteiger charge is -2.27. The number of rotatable bonds is 5. The summed E-state index contributed by atoms with van der Waals surface area (Å²) in [5.74, 6) is 0.203. The summed E-state index contributed by atoms with van der Waals surface area (Å²) < 4.78 is 6.29. The number of nitrogens with zero attached hydrogens (tertiary/aromatic N) is 3. The minimum Gasteiger partial charge on any atom is -0.436 e. The molecule has 1 amide bonds. The molecule has 1 saturated heterocycles. The number of halogens is 1. The van der Waals surface area contributed by atoms with Gasteiger partial charge in [0.1, 0.15) is 11.2 Å². The lowest BCUT2D eigenvalue weighted by Crippen LogP contribution is -2.42. The zero-order chi connectivity index (χ0) is 23.6. The SMILES string of the molecule is Cl.O=C(Nc1ccccc1-c1nc2cccc(CN3CCNCC3)c2o1)c1ccc2ccccc2n1. The summed E-state index contributed by atoms with van der Waals surface area (Å²) in [6, 6.07) is 25.0. The predicted octanol–water partition coefficient (Wildman–Crippen LogP) is 5.12. The van der Waals surface area contributed by atoms with Gasteiger partial charge in [-0.3, -0.25) is 9.69 Å². The highest BCUT2D eigenvalue weighted by Crippen LogP contribution is 2.32. The quantitative estimate of drug-likeness (QED) is 0.349. The van der Waals surface area contributed by atoms with Crippen LogP contribution in [0.25, 0.3) is 33.5 Å². The molecule has 2 N–H and O–H groups in total. The van der Waals surface area contributed by atoms with Crippen molar-refractivity contribution in [3.05, 3.63) is 90.1 Å². The number of nitrogens with one attached hydrogen (secondary N) is 2. The van der Waals surface area contributed by atoms with Gasteiger partial charge in [0.15, 0.2) is 5.58 Å². The summed E-state index contributed by atoms with van der Waals surface area (Å²) in [6.45, 7) is 4.83. The van der Waals surface area contributed by atoms with Gasteiger partial charge in [-0.1, -0.05) is 48.5 Å². The molecule has 0 aliphatic carbocycles. The summed E-state index contributed by atoms with van der Waals surface area (Å²) in [6.07, 6.45) is 0. The van der Waals surface area contributed by atoms with Gasteiger partial charge in [-0.2, -0.15) is 0 Å². The van der Waals surface area contributed by atoms with Crippen molar-refractivity contribution in [1.29, 1.82) is 0 Å². The molecule has 0 atom stereocenters. The Balaban J connectivity index is 0.00000267. The van der Waals surface area contributed by atoms with Crippen molar-refractivity contribution in [3.8, 4) is 11.5 Å². The molecule has 6 rings (SSSR count). The third-order valence-electron chi connectivity index (χ3n) is 6.34. The predicted molar refractivity (Wildman–Crippen MR) is 145 cm³/mol. The van der Waals surface area contributed by atoms with Crippen LogP contribution in [0, 0.1) is 0 Å². The lowest BCUT2D eigenvalue weighted by atomic mass is 10.1. The molecule has 0 spiro atoms. The van der Waals surface area contributed by atoms with Crippen LogP contribution in [0.5, 0.6) is 0 Å². The monoisotopic (exact) mass is 499 g/mol. The number of hydrogen-bond acceptors (Lipinski definition) is 6. The fourth-order valence-corrected chi connectivity index (χ4v) is 4.51. The van der Waals surface area contributed by atoms with Gasteiger partial charge in [-0.05, 0) is 30.3 Å². The largest absolute Gasteiger partial charge is 0.436 e. The molecule has 36 heavy (non-hydrogen) atoms. The average molecular weight is 500 g/mol. The number of benzene rings is 3. The first-order valence-corrected chi connectivity index (χ1v) is 11.8. The number of amides is 1. The minimum atomic E-state index is -0.279. The van der Waals surface area contributed by atoms with Crippen LogP contribution in [-0.2, 0) is 6.54 Å². The summed E-state index contributed by atoms with van der Waals surface area (Å²) in [5.41, 5.74) is 5.21. The number of anilines is 1. The molecule has 1 aliphatic heterocycles. The topological polar surface area (TPSA) is 83.3 Å². The van der Waals surface area contributed by atoms with Crippen molar-refractivity contribution in [2.45, 2.75) is 6.54 Å². The molecule has 0 radical (unpaired) electrons. The van der Waals surface area contributed by atoms with E-state index in [9.17, 15) is 4.79 Å². The van der Waals surface area contributed by atoms with E-state index in [1.54, 1.807) is 6.07 Å². The van der Waals surface area contributed by atoms with Crippen LogP contribution < -0.4 is 10.6 Å². The Hall–Kier alpha value is -3.78.